The van der Waals surface area contributed by atoms with Gasteiger partial charge in [0.25, 0.3) is 0 Å². The lowest BCUT2D eigenvalue weighted by Gasteiger charge is -1.99. The smallest absolute Gasteiger partial charge is 0.197 e. The Hall–Kier alpha value is -1.28. The predicted octanol–water partition coefficient (Wildman–Crippen LogP) is 2.84. The maximum absolute atomic E-state index is 11.8. The van der Waals surface area contributed by atoms with Crippen LogP contribution in [0.2, 0.25) is 0 Å². The number of fused-ring (bicyclic) bond motifs is 1. The lowest BCUT2D eigenvalue weighted by Crippen LogP contribution is -2.06. The first kappa shape index (κ1) is 9.28. The first-order chi connectivity index (χ1) is 6.72. The van der Waals surface area contributed by atoms with Crippen LogP contribution in [0.3, 0.4) is 0 Å². The fourth-order valence-corrected chi connectivity index (χ4v) is 1.56. The zero-order valence-corrected chi connectivity index (χ0v) is 8.47. The van der Waals surface area contributed by atoms with Crippen molar-refractivity contribution in [3.05, 3.63) is 45.8 Å². The van der Waals surface area contributed by atoms with Crippen LogP contribution in [0.25, 0.3) is 11.0 Å². The van der Waals surface area contributed by atoms with Crippen molar-refractivity contribution in [1.29, 1.82) is 0 Å². The van der Waals surface area contributed by atoms with Gasteiger partial charge in [-0.05, 0) is 19.1 Å². The van der Waals surface area contributed by atoms with Gasteiger partial charge in [0.15, 0.2) is 5.43 Å². The van der Waals surface area contributed by atoms with Crippen molar-refractivity contribution in [2.45, 2.75) is 12.8 Å². The quantitative estimate of drug-likeness (QED) is 0.675. The molecule has 1 aromatic heterocycles. The summed E-state index contributed by atoms with van der Waals surface area (Å²) in [5.41, 5.74) is 2.11. The number of alkyl halides is 1. The molecule has 72 valence electrons. The number of rotatable bonds is 1. The Labute approximate surface area is 86.1 Å². The lowest BCUT2D eigenvalue weighted by molar-refractivity contribution is 0.596. The number of hydrogen-bond acceptors (Lipinski definition) is 2. The van der Waals surface area contributed by atoms with Crippen LogP contribution in [0.15, 0.2) is 33.7 Å². The SMILES string of the molecule is Cc1ccc2occ(CCl)c(=O)c2c1. The second kappa shape index (κ2) is 3.46. The molecule has 0 aliphatic rings. The molecule has 0 saturated carbocycles. The Morgan fingerprint density at radius 1 is 1.43 bits per heavy atom. The summed E-state index contributed by atoms with van der Waals surface area (Å²) in [5.74, 6) is 0.187. The maximum Gasteiger partial charge on any atom is 0.197 e. The minimum atomic E-state index is -0.0371. The van der Waals surface area contributed by atoms with Crippen LogP contribution in [-0.2, 0) is 5.88 Å². The van der Waals surface area contributed by atoms with Gasteiger partial charge in [-0.15, -0.1) is 11.6 Å². The maximum atomic E-state index is 11.8. The molecule has 0 fully saturated rings. The van der Waals surface area contributed by atoms with Gasteiger partial charge in [0.1, 0.15) is 5.58 Å². The van der Waals surface area contributed by atoms with Gasteiger partial charge in [0.2, 0.25) is 0 Å². The Kier molecular flexibility index (Phi) is 2.30. The number of hydrogen-bond donors (Lipinski definition) is 0. The topological polar surface area (TPSA) is 30.2 Å². The van der Waals surface area contributed by atoms with Crippen LogP contribution in [0.4, 0.5) is 0 Å². The molecule has 2 rings (SSSR count). The number of benzene rings is 1. The van der Waals surface area contributed by atoms with Gasteiger partial charge in [-0.25, -0.2) is 0 Å². The Bertz CT molecular complexity index is 528. The molecule has 0 aliphatic heterocycles. The van der Waals surface area contributed by atoms with Crippen LogP contribution >= 0.6 is 11.6 Å². The van der Waals surface area contributed by atoms with Gasteiger partial charge in [-0.2, -0.15) is 0 Å². The molecule has 0 aliphatic carbocycles. The van der Waals surface area contributed by atoms with E-state index in [2.05, 4.69) is 0 Å². The summed E-state index contributed by atoms with van der Waals surface area (Å²) in [6.07, 6.45) is 1.42. The zero-order chi connectivity index (χ0) is 10.1. The van der Waals surface area contributed by atoms with E-state index in [1.54, 1.807) is 6.07 Å². The van der Waals surface area contributed by atoms with E-state index >= 15 is 0 Å². The highest BCUT2D eigenvalue weighted by molar-refractivity contribution is 6.17. The summed E-state index contributed by atoms with van der Waals surface area (Å²) in [6.45, 7) is 1.94. The van der Waals surface area contributed by atoms with Crippen molar-refractivity contribution >= 4 is 22.6 Å². The van der Waals surface area contributed by atoms with E-state index in [1.165, 1.54) is 6.26 Å². The minimum absolute atomic E-state index is 0.0371. The van der Waals surface area contributed by atoms with E-state index in [9.17, 15) is 4.79 Å². The van der Waals surface area contributed by atoms with Gasteiger partial charge in [-0.1, -0.05) is 11.6 Å². The van der Waals surface area contributed by atoms with Crippen molar-refractivity contribution in [2.24, 2.45) is 0 Å². The van der Waals surface area contributed by atoms with Gasteiger partial charge < -0.3 is 4.42 Å². The van der Waals surface area contributed by atoms with Crippen LogP contribution in [0.1, 0.15) is 11.1 Å². The summed E-state index contributed by atoms with van der Waals surface area (Å²) >= 11 is 5.61. The monoisotopic (exact) mass is 208 g/mol. The molecule has 2 nitrogen and oxygen atoms in total. The molecule has 14 heavy (non-hydrogen) atoms. The summed E-state index contributed by atoms with van der Waals surface area (Å²) in [5, 5.41) is 0.600. The minimum Gasteiger partial charge on any atom is -0.464 e. The molecule has 0 atom stereocenters. The highest BCUT2D eigenvalue weighted by Crippen LogP contribution is 2.13. The van der Waals surface area contributed by atoms with Gasteiger partial charge in [0.05, 0.1) is 23.1 Å². The Morgan fingerprint density at radius 3 is 2.93 bits per heavy atom. The molecular weight excluding hydrogens is 200 g/mol. The highest BCUT2D eigenvalue weighted by atomic mass is 35.5. The predicted molar refractivity (Wildman–Crippen MR) is 56.8 cm³/mol. The normalized spacial score (nSPS) is 10.7. The molecule has 0 unspecified atom stereocenters. The average molecular weight is 209 g/mol. The Morgan fingerprint density at radius 2 is 2.21 bits per heavy atom. The number of aryl methyl sites for hydroxylation is 1. The second-order valence-corrected chi connectivity index (χ2v) is 3.49. The molecule has 0 radical (unpaired) electrons. The van der Waals surface area contributed by atoms with Gasteiger partial charge >= 0.3 is 0 Å². The standard InChI is InChI=1S/C11H9ClO2/c1-7-2-3-10-9(4-7)11(13)8(5-12)6-14-10/h2-4,6H,5H2,1H3. The number of halogens is 1. The molecule has 0 bridgehead atoms. The molecule has 2 aromatic rings. The van der Waals surface area contributed by atoms with E-state index in [0.29, 0.717) is 16.5 Å². The van der Waals surface area contributed by atoms with E-state index in [4.69, 9.17) is 16.0 Å². The largest absolute Gasteiger partial charge is 0.464 e. The Balaban J connectivity index is 2.87. The van der Waals surface area contributed by atoms with Gasteiger partial charge in [-0.3, -0.25) is 4.79 Å². The van der Waals surface area contributed by atoms with Gasteiger partial charge in [0, 0.05) is 0 Å². The molecule has 3 heteroatoms. The summed E-state index contributed by atoms with van der Waals surface area (Å²) in [4.78, 5) is 11.8. The summed E-state index contributed by atoms with van der Waals surface area (Å²) in [6, 6.07) is 5.52. The van der Waals surface area contributed by atoms with E-state index in [-0.39, 0.29) is 11.3 Å². The molecule has 0 amide bonds. The third-order valence-electron chi connectivity index (χ3n) is 2.14. The third kappa shape index (κ3) is 1.42. The fraction of sp³-hybridized carbons (Fsp3) is 0.182. The highest BCUT2D eigenvalue weighted by Gasteiger charge is 2.05. The molecular formula is C11H9ClO2. The van der Waals surface area contributed by atoms with Crippen LogP contribution in [-0.4, -0.2) is 0 Å². The van der Waals surface area contributed by atoms with Crippen molar-refractivity contribution in [2.75, 3.05) is 0 Å². The van der Waals surface area contributed by atoms with Crippen LogP contribution < -0.4 is 5.43 Å². The van der Waals surface area contributed by atoms with Crippen molar-refractivity contribution < 1.29 is 4.42 Å². The first-order valence-electron chi connectivity index (χ1n) is 4.29. The van der Waals surface area contributed by atoms with E-state index in [1.807, 2.05) is 19.1 Å². The van der Waals surface area contributed by atoms with E-state index in [0.717, 1.165) is 5.56 Å². The molecule has 0 N–H and O–H groups in total. The second-order valence-electron chi connectivity index (χ2n) is 3.22. The lowest BCUT2D eigenvalue weighted by atomic mass is 10.1. The first-order valence-corrected chi connectivity index (χ1v) is 4.83. The van der Waals surface area contributed by atoms with E-state index < -0.39 is 0 Å². The van der Waals surface area contributed by atoms with Crippen molar-refractivity contribution in [1.82, 2.24) is 0 Å². The van der Waals surface area contributed by atoms with Crippen molar-refractivity contribution in [3.63, 3.8) is 0 Å². The average Bonchev–Trinajstić information content (AvgIpc) is 2.20. The summed E-state index contributed by atoms with van der Waals surface area (Å²) < 4.78 is 5.29. The van der Waals surface area contributed by atoms with Crippen LogP contribution in [0.5, 0.6) is 0 Å². The third-order valence-corrected chi connectivity index (χ3v) is 2.43. The zero-order valence-electron chi connectivity index (χ0n) is 7.71. The molecule has 1 aromatic carbocycles. The van der Waals surface area contributed by atoms with Crippen LogP contribution in [0, 0.1) is 6.92 Å². The summed E-state index contributed by atoms with van der Waals surface area (Å²) in [7, 11) is 0. The molecule has 0 spiro atoms. The van der Waals surface area contributed by atoms with Crippen molar-refractivity contribution in [3.8, 4) is 0 Å². The molecule has 1 heterocycles. The molecule has 0 saturated heterocycles. The fourth-order valence-electron chi connectivity index (χ4n) is 1.38.